The van der Waals surface area contributed by atoms with Gasteiger partial charge < -0.3 is 5.11 Å². The molecule has 0 aromatic carbocycles. The number of rotatable bonds is 3. The molecule has 0 aliphatic heterocycles. The van der Waals surface area contributed by atoms with E-state index in [2.05, 4.69) is 58.9 Å². The molecule has 0 saturated heterocycles. The van der Waals surface area contributed by atoms with Crippen LogP contribution in [0.5, 0.6) is 0 Å². The fourth-order valence-corrected chi connectivity index (χ4v) is 223. The molecule has 0 saturated carbocycles. The van der Waals surface area contributed by atoms with Gasteiger partial charge in [-0.05, 0) is 0 Å². The Morgan fingerprint density at radius 2 is 0.700 bits per heavy atom. The molecule has 0 unspecified atom stereocenters. The summed E-state index contributed by atoms with van der Waals surface area (Å²) in [4.78, 5) is 0. The van der Waals surface area contributed by atoms with Crippen molar-refractivity contribution in [2.45, 2.75) is 85.3 Å². The summed E-state index contributed by atoms with van der Waals surface area (Å²) in [5.41, 5.74) is -0.750. The first-order valence-electron chi connectivity index (χ1n) is 7.26. The Labute approximate surface area is 220 Å². The Kier molecular flexibility index (Phi) is 19.2. The summed E-state index contributed by atoms with van der Waals surface area (Å²) in [6, 6.07) is 0. The quantitative estimate of drug-likeness (QED) is 0.436. The normalized spacial score (nSPS) is 13.3. The van der Waals surface area contributed by atoms with Gasteiger partial charge in [0, 0.05) is 0 Å². The Morgan fingerprint density at radius 3 is 0.700 bits per heavy atom. The van der Waals surface area contributed by atoms with Gasteiger partial charge in [-0.3, -0.25) is 0 Å². The van der Waals surface area contributed by atoms with Crippen LogP contribution in [0, 0.1) is 0 Å². The van der Waals surface area contributed by atoms with Gasteiger partial charge in [0.15, 0.2) is 0 Å². The van der Waals surface area contributed by atoms with Crippen molar-refractivity contribution in [3.8, 4) is 0 Å². The summed E-state index contributed by atoms with van der Waals surface area (Å²) >= 11 is -1.15. The molecule has 0 heterocycles. The molecule has 0 atom stereocenters. The van der Waals surface area contributed by atoms with E-state index in [4.69, 9.17) is 0 Å². The average Bonchev–Trinajstić information content (AvgIpc) is 1.65. The second-order valence-electron chi connectivity index (χ2n) is 10.3. The second-order valence-corrected chi connectivity index (χ2v) is 90.0. The van der Waals surface area contributed by atoms with E-state index in [-0.39, 0.29) is 103 Å². The molecule has 0 amide bonds. The monoisotopic (exact) mass is 446 g/mol. The maximum Gasteiger partial charge on any atom is 1.00 e. The zero-order valence-electron chi connectivity index (χ0n) is 17.1. The van der Waals surface area contributed by atoms with Gasteiger partial charge in [0.05, 0.1) is 0 Å². The minimum atomic E-state index is -1.15. The van der Waals surface area contributed by atoms with Crippen molar-refractivity contribution in [3.05, 3.63) is 0 Å². The fraction of sp³-hybridized carbons (Fsp3) is 1.00. The molecular weight excluding hydrogens is 407 g/mol. The van der Waals surface area contributed by atoms with Crippen molar-refractivity contribution in [2.75, 3.05) is 0 Å². The van der Waals surface area contributed by atoms with E-state index >= 15 is 0 Å². The van der Waals surface area contributed by atoms with Crippen LogP contribution in [0.25, 0.3) is 0 Å². The van der Waals surface area contributed by atoms with Gasteiger partial charge in [-0.25, -0.2) is 0 Å². The molecule has 0 rings (SSSR count). The van der Waals surface area contributed by atoms with Crippen LogP contribution in [0.4, 0.5) is 0 Å². The van der Waals surface area contributed by atoms with Gasteiger partial charge in [-0.1, -0.05) is 20.8 Å². The van der Waals surface area contributed by atoms with E-state index < -0.39 is 37.8 Å². The van der Waals surface area contributed by atoms with Gasteiger partial charge in [0.2, 0.25) is 0 Å². The topological polar surface area (TPSA) is 23.1 Å². The molecule has 0 radical (unpaired) electrons. The smallest absolute Gasteiger partial charge is 1.00 e. The molecule has 114 valence electrons. The van der Waals surface area contributed by atoms with Gasteiger partial charge >= 0.3 is 194 Å². The third kappa shape index (κ3) is 20.5. The molecule has 0 aliphatic carbocycles. The molecule has 1 nitrogen and oxygen atoms in total. The maximum atomic E-state index is 10.1. The van der Waals surface area contributed by atoms with Crippen LogP contribution in [0.2, 0.25) is 58.9 Å². The van der Waals surface area contributed by atoms with E-state index in [0.717, 1.165) is 0 Å². The van der Waals surface area contributed by atoms with E-state index in [1.54, 1.807) is 20.8 Å². The van der Waals surface area contributed by atoms with Crippen molar-refractivity contribution >= 4 is 32.2 Å². The van der Waals surface area contributed by atoms with E-state index in [1.165, 1.54) is 0 Å². The summed E-state index contributed by atoms with van der Waals surface area (Å²) in [6.07, 6.45) is 0. The van der Waals surface area contributed by atoms with Crippen molar-refractivity contribution in [1.29, 1.82) is 0 Å². The molecule has 0 aliphatic rings. The first kappa shape index (κ1) is 32.1. The molecule has 0 aromatic heterocycles. The maximum absolute atomic E-state index is 10.1. The van der Waals surface area contributed by atoms with E-state index in [1.807, 2.05) is 0 Å². The van der Waals surface area contributed by atoms with Gasteiger partial charge in [0.1, 0.15) is 0 Å². The molecule has 20 heavy (non-hydrogen) atoms. The summed E-state index contributed by atoms with van der Waals surface area (Å²) in [5, 5.41) is 10.1. The zero-order valence-corrected chi connectivity index (χ0v) is 29.3. The minimum Gasteiger partial charge on any atom is 1.00 e. The van der Waals surface area contributed by atoms with Crippen molar-refractivity contribution in [3.63, 3.8) is 0 Å². The van der Waals surface area contributed by atoms with E-state index in [0.29, 0.717) is 0 Å². The molecule has 0 spiro atoms. The summed E-state index contributed by atoms with van der Waals surface area (Å²) in [6.45, 7) is 26.6. The summed E-state index contributed by atoms with van der Waals surface area (Å²) < 4.78 is 0. The van der Waals surface area contributed by atoms with Gasteiger partial charge in [-0.2, -0.15) is 0 Å². The van der Waals surface area contributed by atoms with Crippen LogP contribution >= 0.6 is 0 Å². The molecule has 0 aromatic rings. The first-order chi connectivity index (χ1) is 7.37. The predicted molar refractivity (Wildman–Crippen MR) is 98.3 cm³/mol. The Balaban J connectivity index is -0.000000158. The van der Waals surface area contributed by atoms with Crippen LogP contribution in [-0.2, 0) is 0 Å². The second kappa shape index (κ2) is 11.9. The van der Waals surface area contributed by atoms with Crippen LogP contribution in [0.15, 0.2) is 0 Å². The van der Waals surface area contributed by atoms with E-state index in [9.17, 15) is 5.11 Å². The molecular formula is C13H38GeK2OSi3. The third-order valence-electron chi connectivity index (χ3n) is 3.18. The number of hydrogen-bond acceptors (Lipinski definition) is 1. The standard InChI is InChI=1S/C9H29GeSi3.C4H9O.2K/c1-11(2,3)10(12(4,5)6)13(7,8)9;1-4(2,3)5;;/h10H2,1-9H3;1-3H3;;/q2*-1;2*+1. The van der Waals surface area contributed by atoms with Crippen LogP contribution < -0.4 is 108 Å². The van der Waals surface area contributed by atoms with Crippen molar-refractivity contribution in [2.24, 2.45) is 0 Å². The summed E-state index contributed by atoms with van der Waals surface area (Å²) in [5.74, 6) is 0. The molecule has 7 heteroatoms. The zero-order chi connectivity index (χ0) is 15.6. The largest absolute Gasteiger partial charge is 1.00 e. The Bertz CT molecular complexity index is 211. The minimum absolute atomic E-state index is 0. The van der Waals surface area contributed by atoms with Crippen LogP contribution in [0.1, 0.15) is 20.8 Å². The van der Waals surface area contributed by atoms with Crippen LogP contribution in [0.3, 0.4) is 0 Å². The fourth-order valence-electron chi connectivity index (χ4n) is 4.77. The van der Waals surface area contributed by atoms with Crippen LogP contribution in [-0.4, -0.2) is 37.8 Å². The third-order valence-corrected chi connectivity index (χ3v) is 149. The molecule has 0 N–H and O–H groups in total. The predicted octanol–water partition coefficient (Wildman–Crippen LogP) is -2.65. The molecule has 0 bridgehead atoms. The number of hydrogen-bond donors (Lipinski definition) is 0. The Hall–Kier alpha value is 4.43. The average molecular weight is 446 g/mol. The SMILES string of the molecule is CC(C)(C)[O-].C[Si](C)(C)[GeH2-]([Si](C)(C)C)[Si](C)(C)C.[K+].[K+]. The van der Waals surface area contributed by atoms with Crippen molar-refractivity contribution < 1.29 is 108 Å². The van der Waals surface area contributed by atoms with Crippen molar-refractivity contribution in [1.82, 2.24) is 0 Å². The Morgan fingerprint density at radius 1 is 0.600 bits per heavy atom. The van der Waals surface area contributed by atoms with Gasteiger partial charge in [-0.15, -0.1) is 5.60 Å². The van der Waals surface area contributed by atoms with Gasteiger partial charge in [0.25, 0.3) is 0 Å². The first-order valence-corrected chi connectivity index (χ1v) is 31.7. The molecule has 0 fully saturated rings. The summed E-state index contributed by atoms with van der Waals surface area (Å²) in [7, 11) is 0.